The van der Waals surface area contributed by atoms with Crippen molar-refractivity contribution in [2.75, 3.05) is 7.11 Å². The zero-order valence-corrected chi connectivity index (χ0v) is 6.46. The molecule has 0 saturated carbocycles. The van der Waals surface area contributed by atoms with E-state index in [1.807, 2.05) is 0 Å². The fraction of sp³-hybridized carbons (Fsp3) is 0.571. The molecule has 0 fully saturated rings. The lowest BCUT2D eigenvalue weighted by Gasteiger charge is -2.21. The summed E-state index contributed by atoms with van der Waals surface area (Å²) >= 11 is 0. The van der Waals surface area contributed by atoms with Crippen LogP contribution in [-0.4, -0.2) is 19.0 Å². The van der Waals surface area contributed by atoms with Gasteiger partial charge in [-0.2, -0.15) is 0 Å². The zero-order valence-electron chi connectivity index (χ0n) is 6.46. The average molecular weight is 156 g/mol. The predicted molar refractivity (Wildman–Crippen MR) is 40.4 cm³/mol. The third-order valence-electron chi connectivity index (χ3n) is 1.88. The lowest BCUT2D eigenvalue weighted by atomic mass is 9.98. The highest BCUT2D eigenvalue weighted by Gasteiger charge is 2.24. The van der Waals surface area contributed by atoms with Crippen LogP contribution < -0.4 is 11.5 Å². The topological polar surface area (TPSA) is 78.3 Å². The molecule has 4 heteroatoms. The van der Waals surface area contributed by atoms with Crippen LogP contribution in [0.3, 0.4) is 0 Å². The molecule has 4 N–H and O–H groups in total. The Morgan fingerprint density at radius 2 is 2.18 bits per heavy atom. The van der Waals surface area contributed by atoms with Crippen molar-refractivity contribution < 1.29 is 9.53 Å². The molecule has 0 aromatic carbocycles. The smallest absolute Gasteiger partial charge is 0.180 e. The first kappa shape index (κ1) is 8.07. The van der Waals surface area contributed by atoms with Gasteiger partial charge in [0.25, 0.3) is 0 Å². The summed E-state index contributed by atoms with van der Waals surface area (Å²) in [6, 6.07) is 0. The summed E-state index contributed by atoms with van der Waals surface area (Å²) in [6.45, 7) is 0. The molecule has 1 aliphatic rings. The molecular weight excluding hydrogens is 144 g/mol. The van der Waals surface area contributed by atoms with Crippen LogP contribution in [0.1, 0.15) is 12.8 Å². The molecule has 1 unspecified atom stereocenters. The van der Waals surface area contributed by atoms with Crippen molar-refractivity contribution in [2.45, 2.75) is 18.9 Å². The Morgan fingerprint density at radius 1 is 1.55 bits per heavy atom. The van der Waals surface area contributed by atoms with Crippen molar-refractivity contribution in [3.05, 3.63) is 11.4 Å². The number of carbonyl (C=O) groups excluding carboxylic acids is 1. The third kappa shape index (κ3) is 1.35. The standard InChI is InChI=1S/C7H12N2O2/c1-11-5-3-2-4(10)6(8)7(5)9/h5H,2-3,8-9H2,1H3. The van der Waals surface area contributed by atoms with E-state index < -0.39 is 0 Å². The highest BCUT2D eigenvalue weighted by atomic mass is 16.5. The van der Waals surface area contributed by atoms with Crippen molar-refractivity contribution in [3.63, 3.8) is 0 Å². The Hall–Kier alpha value is -1.03. The van der Waals surface area contributed by atoms with Crippen LogP contribution in [0.2, 0.25) is 0 Å². The van der Waals surface area contributed by atoms with E-state index >= 15 is 0 Å². The summed E-state index contributed by atoms with van der Waals surface area (Å²) in [7, 11) is 1.56. The highest BCUT2D eigenvalue weighted by Crippen LogP contribution is 2.17. The van der Waals surface area contributed by atoms with Gasteiger partial charge >= 0.3 is 0 Å². The maximum atomic E-state index is 10.9. The number of nitrogens with two attached hydrogens (primary N) is 2. The fourth-order valence-corrected chi connectivity index (χ4v) is 1.13. The summed E-state index contributed by atoms with van der Waals surface area (Å²) in [4.78, 5) is 10.9. The average Bonchev–Trinajstić information content (AvgIpc) is 2.01. The lowest BCUT2D eigenvalue weighted by molar-refractivity contribution is -0.117. The highest BCUT2D eigenvalue weighted by molar-refractivity contribution is 5.96. The fourth-order valence-electron chi connectivity index (χ4n) is 1.13. The van der Waals surface area contributed by atoms with E-state index in [4.69, 9.17) is 16.2 Å². The number of Topliss-reactive ketones (excluding diaryl/α,β-unsaturated/α-hetero) is 1. The Morgan fingerprint density at radius 3 is 2.73 bits per heavy atom. The number of methoxy groups -OCH3 is 1. The second kappa shape index (κ2) is 2.92. The van der Waals surface area contributed by atoms with Gasteiger partial charge in [0.05, 0.1) is 17.5 Å². The molecule has 1 aliphatic carbocycles. The van der Waals surface area contributed by atoms with Crippen LogP contribution in [-0.2, 0) is 9.53 Å². The molecule has 1 rings (SSSR count). The van der Waals surface area contributed by atoms with Gasteiger partial charge in [0.1, 0.15) is 0 Å². The second-order valence-electron chi connectivity index (χ2n) is 2.56. The largest absolute Gasteiger partial charge is 0.398 e. The van der Waals surface area contributed by atoms with E-state index in [9.17, 15) is 4.79 Å². The molecular formula is C7H12N2O2. The number of hydrogen-bond donors (Lipinski definition) is 2. The molecule has 0 radical (unpaired) electrons. The number of carbonyl (C=O) groups is 1. The van der Waals surface area contributed by atoms with Crippen molar-refractivity contribution in [1.29, 1.82) is 0 Å². The number of ketones is 1. The van der Waals surface area contributed by atoms with Gasteiger partial charge in [-0.15, -0.1) is 0 Å². The molecule has 1 atom stereocenters. The second-order valence-corrected chi connectivity index (χ2v) is 2.56. The molecule has 0 aromatic rings. The molecule has 0 bridgehead atoms. The van der Waals surface area contributed by atoms with Gasteiger partial charge < -0.3 is 16.2 Å². The molecule has 4 nitrogen and oxygen atoms in total. The molecule has 0 spiro atoms. The van der Waals surface area contributed by atoms with Crippen LogP contribution in [0.5, 0.6) is 0 Å². The Labute approximate surface area is 65.2 Å². The number of hydrogen-bond acceptors (Lipinski definition) is 4. The first-order chi connectivity index (χ1) is 5.16. The minimum atomic E-state index is -0.173. The summed E-state index contributed by atoms with van der Waals surface area (Å²) in [5.41, 5.74) is 11.5. The van der Waals surface area contributed by atoms with Crippen LogP contribution in [0.15, 0.2) is 11.4 Å². The molecule has 11 heavy (non-hydrogen) atoms. The quantitative estimate of drug-likeness (QED) is 0.536. The molecule has 0 heterocycles. The van der Waals surface area contributed by atoms with Crippen LogP contribution in [0.25, 0.3) is 0 Å². The van der Waals surface area contributed by atoms with E-state index in [0.717, 1.165) is 0 Å². The first-order valence-electron chi connectivity index (χ1n) is 3.48. The third-order valence-corrected chi connectivity index (χ3v) is 1.88. The Bertz CT molecular complexity index is 210. The number of ether oxygens (including phenoxy) is 1. The van der Waals surface area contributed by atoms with Crippen molar-refractivity contribution >= 4 is 5.78 Å². The Balaban J connectivity index is 2.87. The monoisotopic (exact) mass is 156 g/mol. The van der Waals surface area contributed by atoms with Gasteiger partial charge in [-0.05, 0) is 6.42 Å². The molecule has 0 amide bonds. The molecule has 0 aromatic heterocycles. The minimum Gasteiger partial charge on any atom is -0.398 e. The summed E-state index contributed by atoms with van der Waals surface area (Å²) in [6.07, 6.45) is 0.903. The minimum absolute atomic E-state index is 0.0733. The van der Waals surface area contributed by atoms with Crippen molar-refractivity contribution in [2.24, 2.45) is 11.5 Å². The molecule has 0 aliphatic heterocycles. The van der Waals surface area contributed by atoms with Crippen molar-refractivity contribution in [1.82, 2.24) is 0 Å². The lowest BCUT2D eigenvalue weighted by Crippen LogP contribution is -2.32. The predicted octanol–water partition coefficient (Wildman–Crippen LogP) is -0.507. The van der Waals surface area contributed by atoms with Gasteiger partial charge in [0.15, 0.2) is 5.78 Å². The van der Waals surface area contributed by atoms with Gasteiger partial charge in [-0.1, -0.05) is 0 Å². The van der Waals surface area contributed by atoms with Gasteiger partial charge in [-0.3, -0.25) is 4.79 Å². The number of rotatable bonds is 1. The Kier molecular flexibility index (Phi) is 2.14. The molecule has 62 valence electrons. The SMILES string of the molecule is COC1CCC(=O)C(N)=C1N. The van der Waals surface area contributed by atoms with Gasteiger partial charge in [0, 0.05) is 13.5 Å². The first-order valence-corrected chi connectivity index (χ1v) is 3.48. The van der Waals surface area contributed by atoms with E-state index in [2.05, 4.69) is 0 Å². The van der Waals surface area contributed by atoms with E-state index in [1.54, 1.807) is 7.11 Å². The molecule has 0 saturated heterocycles. The van der Waals surface area contributed by atoms with Crippen molar-refractivity contribution in [3.8, 4) is 0 Å². The summed E-state index contributed by atoms with van der Waals surface area (Å²) in [5, 5.41) is 0. The van der Waals surface area contributed by atoms with E-state index in [1.165, 1.54) is 0 Å². The van der Waals surface area contributed by atoms with Gasteiger partial charge in [0.2, 0.25) is 0 Å². The summed E-state index contributed by atoms with van der Waals surface area (Å²) < 4.78 is 5.01. The zero-order chi connectivity index (χ0) is 8.43. The van der Waals surface area contributed by atoms with E-state index in [-0.39, 0.29) is 17.6 Å². The maximum Gasteiger partial charge on any atom is 0.180 e. The maximum absolute atomic E-state index is 10.9. The van der Waals surface area contributed by atoms with Crippen LogP contribution in [0.4, 0.5) is 0 Å². The normalized spacial score (nSPS) is 25.9. The van der Waals surface area contributed by atoms with Crippen LogP contribution >= 0.6 is 0 Å². The summed E-state index contributed by atoms with van der Waals surface area (Å²) in [5.74, 6) is -0.0733. The number of allylic oxidation sites excluding steroid dienone is 1. The van der Waals surface area contributed by atoms with Gasteiger partial charge in [-0.25, -0.2) is 0 Å². The van der Waals surface area contributed by atoms with Crippen LogP contribution in [0, 0.1) is 0 Å². The van der Waals surface area contributed by atoms with E-state index in [0.29, 0.717) is 18.5 Å².